The van der Waals surface area contributed by atoms with Crippen molar-refractivity contribution in [3.63, 3.8) is 0 Å². The van der Waals surface area contributed by atoms with Gasteiger partial charge < -0.3 is 34.3 Å². The van der Waals surface area contributed by atoms with Gasteiger partial charge in [-0.1, -0.05) is 54.6 Å². The number of amides is 2. The maximum absolute atomic E-state index is 13.8. The first-order chi connectivity index (χ1) is 29.3. The molecule has 0 fully saturated rings. The first kappa shape index (κ1) is 41.6. The molecule has 312 valence electrons. The van der Waals surface area contributed by atoms with E-state index < -0.39 is 6.09 Å². The van der Waals surface area contributed by atoms with Crippen LogP contribution in [0.3, 0.4) is 0 Å². The number of methoxy groups -OCH3 is 2. The average molecular weight is 812 g/mol. The van der Waals surface area contributed by atoms with Crippen LogP contribution < -0.4 is 39.8 Å². The van der Waals surface area contributed by atoms with Crippen LogP contribution in [0.4, 0.5) is 27.5 Å². The molecule has 0 saturated carbocycles. The highest BCUT2D eigenvalue weighted by atomic mass is 16.5. The molecule has 1 unspecified atom stereocenters. The Morgan fingerprint density at radius 2 is 1.48 bits per heavy atom. The Hall–Kier alpha value is -6.53. The maximum atomic E-state index is 13.8. The lowest BCUT2D eigenvalue weighted by atomic mass is 9.94. The highest BCUT2D eigenvalue weighted by Gasteiger charge is 2.36. The fourth-order valence-corrected chi connectivity index (χ4v) is 7.55. The summed E-state index contributed by atoms with van der Waals surface area (Å²) in [6.07, 6.45) is 5.11. The van der Waals surface area contributed by atoms with Gasteiger partial charge in [-0.2, -0.15) is 0 Å². The van der Waals surface area contributed by atoms with Crippen molar-refractivity contribution in [1.82, 2.24) is 5.32 Å². The van der Waals surface area contributed by atoms with E-state index in [0.717, 1.165) is 71.3 Å². The predicted octanol–water partition coefficient (Wildman–Crippen LogP) is 9.23. The van der Waals surface area contributed by atoms with Gasteiger partial charge in [0, 0.05) is 54.8 Å². The number of nitrogens with one attached hydrogen (secondary N) is 3. The van der Waals surface area contributed by atoms with Crippen molar-refractivity contribution >= 4 is 41.0 Å². The molecule has 12 nitrogen and oxygen atoms in total. The minimum absolute atomic E-state index is 0.105. The Morgan fingerprint density at radius 1 is 0.800 bits per heavy atom. The molecule has 12 heteroatoms. The van der Waals surface area contributed by atoms with Gasteiger partial charge in [0.05, 0.1) is 50.4 Å². The van der Waals surface area contributed by atoms with E-state index in [1.807, 2.05) is 91.9 Å². The SMILES string of the molecule is CNc1ccc(COC(=O)Nc2cc(OCCCCCOc3cc4c(cc3OC)C(=O)N3c5ccccc5CC3C=N4)c(OC)cc2-c2ccccc2C[C@@H](C)NC)cc1. The van der Waals surface area contributed by atoms with Gasteiger partial charge in [0.25, 0.3) is 5.91 Å². The second-order valence-corrected chi connectivity index (χ2v) is 14.9. The summed E-state index contributed by atoms with van der Waals surface area (Å²) in [4.78, 5) is 33.6. The number of ether oxygens (including phenoxy) is 5. The molecule has 0 aromatic heterocycles. The number of nitrogens with zero attached hydrogens (tertiary/aromatic N) is 2. The molecule has 7 rings (SSSR count). The average Bonchev–Trinajstić information content (AvgIpc) is 3.59. The van der Waals surface area contributed by atoms with Crippen molar-refractivity contribution in [3.8, 4) is 34.1 Å². The van der Waals surface area contributed by atoms with E-state index in [1.54, 1.807) is 32.4 Å². The van der Waals surface area contributed by atoms with Gasteiger partial charge in [-0.3, -0.25) is 20.0 Å². The molecule has 0 bridgehead atoms. The highest BCUT2D eigenvalue weighted by Crippen LogP contribution is 2.42. The van der Waals surface area contributed by atoms with Crippen LogP contribution in [-0.4, -0.2) is 71.8 Å². The second-order valence-electron chi connectivity index (χ2n) is 14.9. The summed E-state index contributed by atoms with van der Waals surface area (Å²) in [7, 11) is 6.98. The summed E-state index contributed by atoms with van der Waals surface area (Å²) in [5.74, 6) is 1.97. The number of benzene rings is 5. The van der Waals surface area contributed by atoms with Crippen LogP contribution in [0.25, 0.3) is 11.1 Å². The Bertz CT molecular complexity index is 2330. The summed E-state index contributed by atoms with van der Waals surface area (Å²) < 4.78 is 29.6. The quantitative estimate of drug-likeness (QED) is 0.0742. The first-order valence-corrected chi connectivity index (χ1v) is 20.4. The molecule has 2 atom stereocenters. The number of hydrogen-bond acceptors (Lipinski definition) is 10. The van der Waals surface area contributed by atoms with Crippen LogP contribution in [0.5, 0.6) is 23.0 Å². The third-order valence-electron chi connectivity index (χ3n) is 10.9. The molecule has 0 radical (unpaired) electrons. The number of likely N-dealkylation sites (N-methyl/N-ethyl adjacent to an activating group) is 1. The van der Waals surface area contributed by atoms with Crippen LogP contribution in [-0.2, 0) is 24.2 Å². The molecule has 5 aromatic carbocycles. The number of rotatable bonds is 18. The molecule has 60 heavy (non-hydrogen) atoms. The number of fused-ring (bicyclic) bond motifs is 4. The molecule has 2 aliphatic heterocycles. The number of carbonyl (C=O) groups is 2. The minimum Gasteiger partial charge on any atom is -0.493 e. The summed E-state index contributed by atoms with van der Waals surface area (Å²) in [5.41, 5.74) is 8.37. The third-order valence-corrected chi connectivity index (χ3v) is 10.9. The maximum Gasteiger partial charge on any atom is 0.411 e. The van der Waals surface area contributed by atoms with Crippen LogP contribution >= 0.6 is 0 Å². The third kappa shape index (κ3) is 9.50. The lowest BCUT2D eigenvalue weighted by molar-refractivity contribution is 0.0986. The van der Waals surface area contributed by atoms with E-state index in [-0.39, 0.29) is 24.6 Å². The number of anilines is 3. The molecule has 3 N–H and O–H groups in total. The molecular formula is C48H53N5O7. The first-order valence-electron chi connectivity index (χ1n) is 20.4. The van der Waals surface area contributed by atoms with Crippen molar-refractivity contribution in [2.45, 2.75) is 57.7 Å². The van der Waals surface area contributed by atoms with Crippen molar-refractivity contribution in [2.75, 3.05) is 57.1 Å². The van der Waals surface area contributed by atoms with Crippen LogP contribution in [0.1, 0.15) is 53.2 Å². The molecule has 5 aromatic rings. The lowest BCUT2D eigenvalue weighted by Gasteiger charge is -2.22. The smallest absolute Gasteiger partial charge is 0.411 e. The number of unbranched alkanes of at least 4 members (excludes halogenated alkanes) is 2. The molecule has 2 aliphatic rings. The molecule has 0 spiro atoms. The zero-order valence-electron chi connectivity index (χ0n) is 34.9. The molecule has 2 amide bonds. The van der Waals surface area contributed by atoms with Gasteiger partial charge in [0.2, 0.25) is 0 Å². The van der Waals surface area contributed by atoms with E-state index in [0.29, 0.717) is 53.2 Å². The van der Waals surface area contributed by atoms with Gasteiger partial charge in [-0.05, 0) is 92.2 Å². The molecule has 2 heterocycles. The van der Waals surface area contributed by atoms with Crippen molar-refractivity contribution in [2.24, 2.45) is 4.99 Å². The molecule has 0 saturated heterocycles. The lowest BCUT2D eigenvalue weighted by Crippen LogP contribution is -2.37. The number of aliphatic imine (C=N–C) groups is 1. The van der Waals surface area contributed by atoms with Crippen LogP contribution in [0.15, 0.2) is 102 Å². The van der Waals surface area contributed by atoms with E-state index >= 15 is 0 Å². The summed E-state index contributed by atoms with van der Waals surface area (Å²) >= 11 is 0. The van der Waals surface area contributed by atoms with E-state index in [2.05, 4.69) is 35.0 Å². The Kier molecular flexibility index (Phi) is 13.5. The number of hydrogen-bond donors (Lipinski definition) is 3. The monoisotopic (exact) mass is 811 g/mol. The Morgan fingerprint density at radius 3 is 2.20 bits per heavy atom. The second kappa shape index (κ2) is 19.5. The standard InChI is InChI=1S/C48H53N5O7/c1-31(49-2)23-33-13-7-9-15-37(33)38-25-43(56-4)46(28-41(38)52-48(55)60-30-32-17-19-35(50-3)20-18-32)59-22-12-6-11-21-58-45-27-40-39(26-44(45)57-5)47(54)53-36(29-51-40)24-34-14-8-10-16-42(34)53/h7-10,13-20,25-29,31,36,49-50H,6,11-12,21-24,30H2,1-5H3,(H,52,55)/t31-,36?/m1/s1. The van der Waals surface area contributed by atoms with Gasteiger partial charge in [0.15, 0.2) is 23.0 Å². The Balaban J connectivity index is 0.990. The van der Waals surface area contributed by atoms with E-state index in [1.165, 1.54) is 0 Å². The highest BCUT2D eigenvalue weighted by molar-refractivity contribution is 6.14. The van der Waals surface area contributed by atoms with Crippen molar-refractivity contribution in [1.29, 1.82) is 0 Å². The predicted molar refractivity (Wildman–Crippen MR) is 237 cm³/mol. The van der Waals surface area contributed by atoms with Crippen molar-refractivity contribution < 1.29 is 33.3 Å². The van der Waals surface area contributed by atoms with E-state index in [9.17, 15) is 9.59 Å². The summed E-state index contributed by atoms with van der Waals surface area (Å²) in [5, 5.41) is 9.40. The van der Waals surface area contributed by atoms with Gasteiger partial charge >= 0.3 is 6.09 Å². The van der Waals surface area contributed by atoms with Gasteiger partial charge in [-0.25, -0.2) is 4.79 Å². The minimum atomic E-state index is -0.582. The number of para-hydroxylation sites is 1. The fourth-order valence-electron chi connectivity index (χ4n) is 7.55. The van der Waals surface area contributed by atoms with Gasteiger partial charge in [0.1, 0.15) is 6.61 Å². The normalized spacial score (nSPS) is 14.3. The van der Waals surface area contributed by atoms with E-state index in [4.69, 9.17) is 28.7 Å². The van der Waals surface area contributed by atoms with Crippen molar-refractivity contribution in [3.05, 3.63) is 119 Å². The fraction of sp³-hybridized carbons (Fsp3) is 0.312. The number of carbonyl (C=O) groups excluding carboxylic acids is 2. The molecular weight excluding hydrogens is 759 g/mol. The topological polar surface area (TPSA) is 132 Å². The summed E-state index contributed by atoms with van der Waals surface area (Å²) in [6.45, 7) is 3.10. The van der Waals surface area contributed by atoms with Gasteiger partial charge in [-0.15, -0.1) is 0 Å². The zero-order valence-corrected chi connectivity index (χ0v) is 34.9. The van der Waals surface area contributed by atoms with Crippen LogP contribution in [0, 0.1) is 0 Å². The summed E-state index contributed by atoms with van der Waals surface area (Å²) in [6, 6.07) is 31.2. The molecule has 0 aliphatic carbocycles. The largest absolute Gasteiger partial charge is 0.493 e. The Labute approximate surface area is 351 Å². The zero-order chi connectivity index (χ0) is 42.0. The van der Waals surface area contributed by atoms with Crippen LogP contribution in [0.2, 0.25) is 0 Å².